The Labute approximate surface area is 400 Å². The van der Waals surface area contributed by atoms with Gasteiger partial charge in [0.15, 0.2) is 0 Å². The van der Waals surface area contributed by atoms with Crippen molar-refractivity contribution in [1.29, 1.82) is 0 Å². The third kappa shape index (κ3) is 5.42. The van der Waals surface area contributed by atoms with E-state index in [2.05, 4.69) is 217 Å². The number of anilines is 8. The van der Waals surface area contributed by atoms with Gasteiger partial charge in [0.1, 0.15) is 0 Å². The summed E-state index contributed by atoms with van der Waals surface area (Å²) in [6, 6.07) is 53.2. The van der Waals surface area contributed by atoms with Gasteiger partial charge in [0.2, 0.25) is 0 Å². The summed E-state index contributed by atoms with van der Waals surface area (Å²) in [4.78, 5) is 8.20. The molecule has 0 radical (unpaired) electrons. The molecule has 6 aliphatic rings. The average molecular weight is 874 g/mol. The molecule has 7 aromatic rings. The van der Waals surface area contributed by atoms with E-state index in [0.717, 1.165) is 19.3 Å². The molecule has 3 atom stereocenters. The van der Waals surface area contributed by atoms with Crippen molar-refractivity contribution in [2.45, 2.75) is 135 Å². The zero-order valence-corrected chi connectivity index (χ0v) is 41.4. The summed E-state index contributed by atoms with van der Waals surface area (Å²) in [6.07, 6.45) is 7.09. The van der Waals surface area contributed by atoms with Crippen LogP contribution in [-0.4, -0.2) is 12.3 Å². The van der Waals surface area contributed by atoms with E-state index in [0.29, 0.717) is 0 Å². The van der Waals surface area contributed by atoms with Gasteiger partial charge in [0.25, 0.3) is 6.71 Å². The maximum Gasteiger partial charge on any atom is 0.252 e. The van der Waals surface area contributed by atoms with Crippen molar-refractivity contribution in [3.05, 3.63) is 172 Å². The maximum atomic E-state index is 2.85. The highest BCUT2D eigenvalue weighted by Gasteiger charge is 2.59. The smallest absolute Gasteiger partial charge is 0.252 e. The van der Waals surface area contributed by atoms with E-state index < -0.39 is 0 Å². The Morgan fingerprint density at radius 1 is 0.537 bits per heavy atom. The fourth-order valence-electron chi connectivity index (χ4n) is 14.4. The lowest BCUT2D eigenvalue weighted by molar-refractivity contribution is 0.195. The minimum Gasteiger partial charge on any atom is -0.334 e. The molecule has 7 aromatic carbocycles. The third-order valence-electron chi connectivity index (χ3n) is 18.4. The van der Waals surface area contributed by atoms with Crippen molar-refractivity contribution in [2.24, 2.45) is 0 Å². The molecule has 0 spiro atoms. The van der Waals surface area contributed by atoms with Crippen LogP contribution < -0.4 is 31.1 Å². The number of hydrogen-bond acceptors (Lipinski definition) is 3. The number of para-hydroxylation sites is 2. The standard InChI is InChI=1S/C63H64BN3/c1-39-31-40(2)58-49(32-39)62(9)27-16-17-28-63(62,10)67(58)45-35-55-57-56(36-45)66-52-26-25-42(59(3,4)5)34-46(52)41-19-18-20-43(33-41)61(8)30-29-60(6,7)47-37-51(54(66)38-48(47)61)64(57)50-23-14-15-24-53(50)65(55)44-21-12-11-13-22-44/h11-15,18-26,31-38H,16-17,27-30H2,1-10H3. The van der Waals surface area contributed by atoms with Crippen molar-refractivity contribution in [3.8, 4) is 11.1 Å². The Morgan fingerprint density at radius 2 is 1.28 bits per heavy atom. The van der Waals surface area contributed by atoms with E-state index in [1.165, 1.54) is 131 Å². The maximum absolute atomic E-state index is 2.85. The highest BCUT2D eigenvalue weighted by Crippen LogP contribution is 2.63. The second-order valence-corrected chi connectivity index (χ2v) is 23.8. The van der Waals surface area contributed by atoms with Gasteiger partial charge in [-0.3, -0.25) is 0 Å². The van der Waals surface area contributed by atoms with Crippen molar-refractivity contribution < 1.29 is 0 Å². The highest BCUT2D eigenvalue weighted by atomic mass is 15.3. The predicted octanol–water partition coefficient (Wildman–Crippen LogP) is 14.8. The molecule has 0 amide bonds. The predicted molar refractivity (Wildman–Crippen MR) is 286 cm³/mol. The molecule has 4 bridgehead atoms. The largest absolute Gasteiger partial charge is 0.334 e. The summed E-state index contributed by atoms with van der Waals surface area (Å²) in [7, 11) is 0. The van der Waals surface area contributed by atoms with Crippen LogP contribution in [0, 0.1) is 13.8 Å². The van der Waals surface area contributed by atoms with Crippen LogP contribution in [0.4, 0.5) is 45.5 Å². The van der Waals surface area contributed by atoms with Gasteiger partial charge in [0, 0.05) is 56.2 Å². The Balaban J connectivity index is 1.21. The van der Waals surface area contributed by atoms with Crippen LogP contribution in [0.1, 0.15) is 133 Å². The zero-order chi connectivity index (χ0) is 46.2. The summed E-state index contributed by atoms with van der Waals surface area (Å²) in [5.41, 5.74) is 26.9. The van der Waals surface area contributed by atoms with E-state index in [9.17, 15) is 0 Å². The molecule has 1 saturated carbocycles. The Hall–Kier alpha value is -6.00. The monoisotopic (exact) mass is 874 g/mol. The Bertz CT molecular complexity index is 3270. The average Bonchev–Trinajstić information content (AvgIpc) is 3.52. The van der Waals surface area contributed by atoms with E-state index in [4.69, 9.17) is 0 Å². The lowest BCUT2D eigenvalue weighted by Crippen LogP contribution is -2.62. The molecule has 4 heterocycles. The normalized spacial score (nSPS) is 23.5. The summed E-state index contributed by atoms with van der Waals surface area (Å²) >= 11 is 0. The molecule has 67 heavy (non-hydrogen) atoms. The van der Waals surface area contributed by atoms with Crippen molar-refractivity contribution >= 4 is 68.6 Å². The zero-order valence-electron chi connectivity index (χ0n) is 41.4. The number of aryl methyl sites for hydroxylation is 2. The summed E-state index contributed by atoms with van der Waals surface area (Å²) in [5.74, 6) is 0. The lowest BCUT2D eigenvalue weighted by Gasteiger charge is -2.51. The van der Waals surface area contributed by atoms with Crippen LogP contribution in [0.5, 0.6) is 0 Å². The highest BCUT2D eigenvalue weighted by molar-refractivity contribution is 7.00. The molecule has 4 heteroatoms. The number of rotatable bonds is 2. The van der Waals surface area contributed by atoms with Crippen molar-refractivity contribution in [1.82, 2.24) is 0 Å². The third-order valence-corrected chi connectivity index (χ3v) is 18.4. The number of hydrogen-bond donors (Lipinski definition) is 0. The van der Waals surface area contributed by atoms with Gasteiger partial charge in [-0.05, 0) is 161 Å². The summed E-state index contributed by atoms with van der Waals surface area (Å²) in [5, 5.41) is 0. The second kappa shape index (κ2) is 13.6. The molecule has 334 valence electrons. The molecule has 2 aliphatic carbocycles. The molecule has 13 rings (SSSR count). The Kier molecular flexibility index (Phi) is 8.36. The molecular weight excluding hydrogens is 810 g/mol. The van der Waals surface area contributed by atoms with Crippen LogP contribution in [0.25, 0.3) is 11.1 Å². The Morgan fingerprint density at radius 3 is 2.07 bits per heavy atom. The number of benzene rings is 7. The first-order chi connectivity index (χ1) is 32.0. The van der Waals surface area contributed by atoms with E-state index in [1.54, 1.807) is 0 Å². The second-order valence-electron chi connectivity index (χ2n) is 23.8. The summed E-state index contributed by atoms with van der Waals surface area (Å²) < 4.78 is 0. The number of fused-ring (bicyclic) bond motifs is 13. The van der Waals surface area contributed by atoms with Gasteiger partial charge in [-0.25, -0.2) is 0 Å². The minimum absolute atomic E-state index is 0.0132. The van der Waals surface area contributed by atoms with Gasteiger partial charge in [0.05, 0.1) is 11.2 Å². The number of nitrogens with zero attached hydrogens (tertiary/aromatic N) is 3. The first-order valence-electron chi connectivity index (χ1n) is 25.3. The van der Waals surface area contributed by atoms with Crippen molar-refractivity contribution in [2.75, 3.05) is 14.7 Å². The topological polar surface area (TPSA) is 9.72 Å². The molecule has 0 saturated heterocycles. The fraction of sp³-hybridized carbons (Fsp3) is 0.333. The van der Waals surface area contributed by atoms with Gasteiger partial charge >= 0.3 is 0 Å². The molecular formula is C63H64BN3. The van der Waals surface area contributed by atoms with Crippen LogP contribution in [0.15, 0.2) is 133 Å². The van der Waals surface area contributed by atoms with Crippen LogP contribution in [0.3, 0.4) is 0 Å². The van der Waals surface area contributed by atoms with Gasteiger partial charge < -0.3 is 14.7 Å². The van der Waals surface area contributed by atoms with E-state index >= 15 is 0 Å². The molecule has 3 nitrogen and oxygen atoms in total. The van der Waals surface area contributed by atoms with Crippen LogP contribution >= 0.6 is 0 Å². The van der Waals surface area contributed by atoms with E-state index in [1.807, 2.05) is 0 Å². The minimum atomic E-state index is -0.141. The molecule has 3 unspecified atom stereocenters. The fourth-order valence-corrected chi connectivity index (χ4v) is 14.4. The molecule has 4 aliphatic heterocycles. The quantitative estimate of drug-likeness (QED) is 0.160. The molecule has 0 aromatic heterocycles. The summed E-state index contributed by atoms with van der Waals surface area (Å²) in [6.45, 7) is 24.5. The first kappa shape index (κ1) is 41.2. The lowest BCUT2D eigenvalue weighted by atomic mass is 9.33. The first-order valence-corrected chi connectivity index (χ1v) is 25.3. The van der Waals surface area contributed by atoms with Gasteiger partial charge in [-0.15, -0.1) is 0 Å². The van der Waals surface area contributed by atoms with Gasteiger partial charge in [-0.2, -0.15) is 0 Å². The van der Waals surface area contributed by atoms with E-state index in [-0.39, 0.29) is 33.9 Å². The molecule has 0 N–H and O–H groups in total. The van der Waals surface area contributed by atoms with Crippen LogP contribution in [-0.2, 0) is 21.7 Å². The molecule has 1 fully saturated rings. The van der Waals surface area contributed by atoms with Gasteiger partial charge in [-0.1, -0.05) is 152 Å². The van der Waals surface area contributed by atoms with Crippen LogP contribution in [0.2, 0.25) is 0 Å². The van der Waals surface area contributed by atoms with Crippen molar-refractivity contribution in [3.63, 3.8) is 0 Å². The SMILES string of the molecule is Cc1cc(C)c2c(c1)C1(C)CCCCC1(C)N2c1cc2c3c(c1)N1c4cc5c(cc4B3c3ccccc3N2c2ccccc2)C(C)(C)CCC5(C)c2cccc(c2)-c2cc(C(C)(C)C)ccc21.